The predicted octanol–water partition coefficient (Wildman–Crippen LogP) is 2.74. The normalized spacial score (nSPS) is 11.0. The molecule has 24 heavy (non-hydrogen) atoms. The van der Waals surface area contributed by atoms with Gasteiger partial charge in [0.2, 0.25) is 5.91 Å². The standard InChI is InChI=1S/C18H27NO5/c1-5-23-14-10-9-13(12-15(14)24-6-2)18(3,4)17(22)19-11-7-8-16(20)21/h9-10,12H,5-8,11H2,1-4H3,(H,19,22)(H,20,21). The number of carboxylic acids is 1. The van der Waals surface area contributed by atoms with E-state index in [-0.39, 0.29) is 12.3 Å². The zero-order valence-corrected chi connectivity index (χ0v) is 14.8. The van der Waals surface area contributed by atoms with Crippen LogP contribution in [0.2, 0.25) is 0 Å². The maximum absolute atomic E-state index is 12.5. The van der Waals surface area contributed by atoms with Gasteiger partial charge in [-0.15, -0.1) is 0 Å². The molecule has 0 aliphatic carbocycles. The fraction of sp³-hybridized carbons (Fsp3) is 0.556. The molecule has 1 rings (SSSR count). The van der Waals surface area contributed by atoms with Crippen LogP contribution in [0.1, 0.15) is 46.1 Å². The Morgan fingerprint density at radius 1 is 1.12 bits per heavy atom. The van der Waals surface area contributed by atoms with Crippen LogP contribution in [0.3, 0.4) is 0 Å². The first-order chi connectivity index (χ1) is 11.3. The maximum atomic E-state index is 12.5. The van der Waals surface area contributed by atoms with Crippen molar-refractivity contribution in [3.63, 3.8) is 0 Å². The molecule has 0 aliphatic rings. The van der Waals surface area contributed by atoms with Crippen molar-refractivity contribution in [2.45, 2.75) is 46.0 Å². The summed E-state index contributed by atoms with van der Waals surface area (Å²) in [5.41, 5.74) is 0.0462. The molecule has 2 N–H and O–H groups in total. The third-order valence-corrected chi connectivity index (χ3v) is 3.69. The summed E-state index contributed by atoms with van der Waals surface area (Å²) >= 11 is 0. The van der Waals surface area contributed by atoms with Crippen LogP contribution < -0.4 is 14.8 Å². The molecule has 0 fully saturated rings. The third kappa shape index (κ3) is 5.44. The van der Waals surface area contributed by atoms with Gasteiger partial charge in [0.05, 0.1) is 18.6 Å². The van der Waals surface area contributed by atoms with Crippen molar-refractivity contribution < 1.29 is 24.2 Å². The number of ether oxygens (including phenoxy) is 2. The second kappa shape index (κ2) is 9.15. The largest absolute Gasteiger partial charge is 0.490 e. The van der Waals surface area contributed by atoms with Gasteiger partial charge in [-0.05, 0) is 51.8 Å². The lowest BCUT2D eigenvalue weighted by Gasteiger charge is -2.25. The predicted molar refractivity (Wildman–Crippen MR) is 91.7 cm³/mol. The third-order valence-electron chi connectivity index (χ3n) is 3.69. The highest BCUT2D eigenvalue weighted by molar-refractivity contribution is 5.87. The van der Waals surface area contributed by atoms with Crippen molar-refractivity contribution in [2.24, 2.45) is 0 Å². The Bertz CT molecular complexity index is 569. The Morgan fingerprint density at radius 3 is 2.33 bits per heavy atom. The summed E-state index contributed by atoms with van der Waals surface area (Å²) in [5, 5.41) is 11.4. The molecular formula is C18H27NO5. The first kappa shape index (κ1) is 19.8. The van der Waals surface area contributed by atoms with E-state index in [0.29, 0.717) is 37.7 Å². The number of hydrogen-bond acceptors (Lipinski definition) is 4. The van der Waals surface area contributed by atoms with E-state index in [1.54, 1.807) is 0 Å². The van der Waals surface area contributed by atoms with Gasteiger partial charge in [-0.1, -0.05) is 6.07 Å². The van der Waals surface area contributed by atoms with Gasteiger partial charge >= 0.3 is 5.97 Å². The Labute approximate surface area is 143 Å². The smallest absolute Gasteiger partial charge is 0.303 e. The summed E-state index contributed by atoms with van der Waals surface area (Å²) in [4.78, 5) is 23.0. The van der Waals surface area contributed by atoms with Crippen LogP contribution in [0.5, 0.6) is 11.5 Å². The summed E-state index contributed by atoms with van der Waals surface area (Å²) in [5.74, 6) is 0.250. The molecule has 0 atom stereocenters. The first-order valence-corrected chi connectivity index (χ1v) is 8.23. The van der Waals surface area contributed by atoms with Crippen LogP contribution in [-0.4, -0.2) is 36.7 Å². The van der Waals surface area contributed by atoms with E-state index in [0.717, 1.165) is 5.56 Å². The van der Waals surface area contributed by atoms with Crippen LogP contribution >= 0.6 is 0 Å². The second-order valence-electron chi connectivity index (χ2n) is 5.91. The molecule has 0 saturated heterocycles. The van der Waals surface area contributed by atoms with Gasteiger partial charge in [0, 0.05) is 13.0 Å². The molecule has 0 unspecified atom stereocenters. The van der Waals surface area contributed by atoms with Crippen LogP contribution in [0.15, 0.2) is 18.2 Å². The summed E-state index contributed by atoms with van der Waals surface area (Å²) in [6, 6.07) is 5.49. The molecule has 0 heterocycles. The van der Waals surface area contributed by atoms with E-state index in [1.165, 1.54) is 0 Å². The lowest BCUT2D eigenvalue weighted by atomic mass is 9.83. The summed E-state index contributed by atoms with van der Waals surface area (Å²) < 4.78 is 11.1. The highest BCUT2D eigenvalue weighted by Gasteiger charge is 2.30. The van der Waals surface area contributed by atoms with Crippen molar-refractivity contribution in [1.29, 1.82) is 0 Å². The van der Waals surface area contributed by atoms with Crippen LogP contribution in [0.4, 0.5) is 0 Å². The molecule has 0 saturated carbocycles. The van der Waals surface area contributed by atoms with E-state index in [2.05, 4.69) is 5.32 Å². The Morgan fingerprint density at radius 2 is 1.75 bits per heavy atom. The van der Waals surface area contributed by atoms with Gasteiger partial charge in [0.25, 0.3) is 0 Å². The molecule has 0 radical (unpaired) electrons. The lowest BCUT2D eigenvalue weighted by Crippen LogP contribution is -2.40. The van der Waals surface area contributed by atoms with Crippen LogP contribution in [0, 0.1) is 0 Å². The van der Waals surface area contributed by atoms with Gasteiger partial charge in [-0.25, -0.2) is 0 Å². The second-order valence-corrected chi connectivity index (χ2v) is 5.91. The summed E-state index contributed by atoms with van der Waals surface area (Å²) in [6.45, 7) is 8.82. The van der Waals surface area contributed by atoms with Gasteiger partial charge < -0.3 is 19.9 Å². The van der Waals surface area contributed by atoms with E-state index in [1.807, 2.05) is 45.9 Å². The topological polar surface area (TPSA) is 84.9 Å². The zero-order chi connectivity index (χ0) is 18.2. The molecule has 0 aliphatic heterocycles. The highest BCUT2D eigenvalue weighted by atomic mass is 16.5. The van der Waals surface area contributed by atoms with Gasteiger partial charge in [-0.3, -0.25) is 9.59 Å². The molecule has 6 heteroatoms. The van der Waals surface area contributed by atoms with Gasteiger partial charge in [0.15, 0.2) is 11.5 Å². The monoisotopic (exact) mass is 337 g/mol. The van der Waals surface area contributed by atoms with Gasteiger partial charge in [-0.2, -0.15) is 0 Å². The summed E-state index contributed by atoms with van der Waals surface area (Å²) in [6.07, 6.45) is 0.447. The first-order valence-electron chi connectivity index (χ1n) is 8.23. The van der Waals surface area contributed by atoms with E-state index in [9.17, 15) is 9.59 Å². The number of rotatable bonds is 10. The van der Waals surface area contributed by atoms with E-state index in [4.69, 9.17) is 14.6 Å². The number of carbonyl (C=O) groups is 2. The molecule has 134 valence electrons. The highest BCUT2D eigenvalue weighted by Crippen LogP contribution is 2.33. The van der Waals surface area contributed by atoms with Crippen molar-refractivity contribution in [3.8, 4) is 11.5 Å². The number of carbonyl (C=O) groups excluding carboxylic acids is 1. The quantitative estimate of drug-likeness (QED) is 0.641. The molecule has 1 aromatic rings. The maximum Gasteiger partial charge on any atom is 0.303 e. The minimum Gasteiger partial charge on any atom is -0.490 e. The van der Waals surface area contributed by atoms with Crippen molar-refractivity contribution >= 4 is 11.9 Å². The zero-order valence-electron chi connectivity index (χ0n) is 14.8. The Kier molecular flexibility index (Phi) is 7.55. The molecule has 1 amide bonds. The SMILES string of the molecule is CCOc1ccc(C(C)(C)C(=O)NCCCC(=O)O)cc1OCC. The number of aliphatic carboxylic acids is 1. The molecule has 0 spiro atoms. The average molecular weight is 337 g/mol. The van der Waals surface area contributed by atoms with Gasteiger partial charge in [0.1, 0.15) is 0 Å². The summed E-state index contributed by atoms with van der Waals surface area (Å²) in [7, 11) is 0. The van der Waals surface area contributed by atoms with Crippen LogP contribution in [0.25, 0.3) is 0 Å². The fourth-order valence-electron chi connectivity index (χ4n) is 2.23. The Balaban J connectivity index is 2.86. The van der Waals surface area contributed by atoms with E-state index < -0.39 is 11.4 Å². The number of nitrogens with one attached hydrogen (secondary N) is 1. The number of hydrogen-bond donors (Lipinski definition) is 2. The molecule has 0 bridgehead atoms. The van der Waals surface area contributed by atoms with E-state index >= 15 is 0 Å². The molecule has 1 aromatic carbocycles. The number of benzene rings is 1. The Hall–Kier alpha value is -2.24. The molecule has 6 nitrogen and oxygen atoms in total. The van der Waals surface area contributed by atoms with Crippen LogP contribution in [-0.2, 0) is 15.0 Å². The fourth-order valence-corrected chi connectivity index (χ4v) is 2.23. The number of amides is 1. The van der Waals surface area contributed by atoms with Crippen molar-refractivity contribution in [1.82, 2.24) is 5.32 Å². The average Bonchev–Trinajstić information content (AvgIpc) is 2.53. The number of carboxylic acid groups (broad SMARTS) is 1. The minimum absolute atomic E-state index is 0.0399. The van der Waals surface area contributed by atoms with Crippen molar-refractivity contribution in [2.75, 3.05) is 19.8 Å². The molecular weight excluding hydrogens is 310 g/mol. The van der Waals surface area contributed by atoms with Crippen molar-refractivity contribution in [3.05, 3.63) is 23.8 Å². The molecule has 0 aromatic heterocycles. The minimum atomic E-state index is -0.864. The lowest BCUT2D eigenvalue weighted by molar-refractivity contribution is -0.137.